The summed E-state index contributed by atoms with van der Waals surface area (Å²) in [5.41, 5.74) is 2.45. The average Bonchev–Trinajstić information content (AvgIpc) is 3.12. The number of fused-ring (bicyclic) bond motifs is 1. The summed E-state index contributed by atoms with van der Waals surface area (Å²) in [5.74, 6) is 0.236. The number of nitrogens with zero attached hydrogens (tertiary/aromatic N) is 1. The number of aliphatic hydroxyl groups excluding tert-OH is 1. The number of aromatic amines is 1. The van der Waals surface area contributed by atoms with Crippen LogP contribution in [0.4, 0.5) is 0 Å². The number of hydrogen-bond donors (Lipinski definition) is 5. The van der Waals surface area contributed by atoms with Crippen molar-refractivity contribution in [1.82, 2.24) is 20.6 Å². The number of aliphatic hydroxyl groups is 1. The minimum Gasteiger partial charge on any atom is -0.507 e. The molecule has 1 heterocycles. The van der Waals surface area contributed by atoms with Crippen molar-refractivity contribution in [3.63, 3.8) is 0 Å². The molecule has 0 unspecified atom stereocenters. The molecule has 1 amide bonds. The lowest BCUT2D eigenvalue weighted by Crippen LogP contribution is -2.32. The van der Waals surface area contributed by atoms with Gasteiger partial charge in [0.05, 0.1) is 17.7 Å². The highest BCUT2D eigenvalue weighted by molar-refractivity contribution is 5.98. The summed E-state index contributed by atoms with van der Waals surface area (Å²) in [7, 11) is 0. The predicted octanol–water partition coefficient (Wildman–Crippen LogP) is 1.06. The molecule has 3 rings (SSSR count). The van der Waals surface area contributed by atoms with Crippen LogP contribution in [0.1, 0.15) is 20.7 Å². The van der Waals surface area contributed by atoms with Crippen molar-refractivity contribution in [3.8, 4) is 17.1 Å². The van der Waals surface area contributed by atoms with E-state index in [9.17, 15) is 14.7 Å². The van der Waals surface area contributed by atoms with Gasteiger partial charge in [0.25, 0.3) is 5.91 Å². The Balaban J connectivity index is 1.73. The maximum absolute atomic E-state index is 12.1. The second-order valence-electron chi connectivity index (χ2n) is 5.90. The van der Waals surface area contributed by atoms with Crippen molar-refractivity contribution < 1.29 is 19.8 Å². The molecule has 0 aliphatic rings. The Labute approximate surface area is 155 Å². The smallest absolute Gasteiger partial charge is 0.251 e. The second-order valence-corrected chi connectivity index (χ2v) is 5.90. The summed E-state index contributed by atoms with van der Waals surface area (Å²) in [6.45, 7) is 1.59. The highest BCUT2D eigenvalue weighted by Gasteiger charge is 2.13. The molecular formula is C19H20N4O4. The first-order valence-corrected chi connectivity index (χ1v) is 8.51. The maximum atomic E-state index is 12.1. The molecule has 0 spiro atoms. The average molecular weight is 368 g/mol. The first-order valence-electron chi connectivity index (χ1n) is 8.51. The van der Waals surface area contributed by atoms with E-state index in [1.165, 1.54) is 6.07 Å². The Kier molecular flexibility index (Phi) is 5.80. The Morgan fingerprint density at radius 1 is 1.11 bits per heavy atom. The van der Waals surface area contributed by atoms with E-state index >= 15 is 0 Å². The normalized spacial score (nSPS) is 10.9. The van der Waals surface area contributed by atoms with E-state index in [2.05, 4.69) is 20.6 Å². The van der Waals surface area contributed by atoms with Crippen molar-refractivity contribution in [3.05, 3.63) is 47.5 Å². The molecule has 8 nitrogen and oxygen atoms in total. The number of phenolic OH excluding ortho intramolecular Hbond substituents is 1. The van der Waals surface area contributed by atoms with Crippen molar-refractivity contribution in [2.24, 2.45) is 0 Å². The van der Waals surface area contributed by atoms with Crippen LogP contribution in [0.2, 0.25) is 0 Å². The van der Waals surface area contributed by atoms with Crippen LogP contribution in [0.15, 0.2) is 36.4 Å². The number of hydrogen-bond acceptors (Lipinski definition) is 6. The van der Waals surface area contributed by atoms with Crippen molar-refractivity contribution in [1.29, 1.82) is 0 Å². The Morgan fingerprint density at radius 2 is 1.89 bits per heavy atom. The van der Waals surface area contributed by atoms with Gasteiger partial charge in [-0.1, -0.05) is 12.1 Å². The van der Waals surface area contributed by atoms with Gasteiger partial charge in [0.15, 0.2) is 6.29 Å². The summed E-state index contributed by atoms with van der Waals surface area (Å²) in [4.78, 5) is 30.8. The molecule has 27 heavy (non-hydrogen) atoms. The lowest BCUT2D eigenvalue weighted by molar-refractivity contribution is 0.0953. The number of nitrogens with one attached hydrogen (secondary N) is 3. The van der Waals surface area contributed by atoms with E-state index in [1.54, 1.807) is 30.3 Å². The number of H-pyrrole nitrogens is 1. The highest BCUT2D eigenvalue weighted by Crippen LogP contribution is 2.27. The van der Waals surface area contributed by atoms with E-state index in [4.69, 9.17) is 5.11 Å². The molecule has 0 saturated heterocycles. The second kappa shape index (κ2) is 8.43. The van der Waals surface area contributed by atoms with Crippen LogP contribution >= 0.6 is 0 Å². The van der Waals surface area contributed by atoms with Crippen LogP contribution in [-0.2, 0) is 0 Å². The molecular weight excluding hydrogens is 348 g/mol. The van der Waals surface area contributed by atoms with Gasteiger partial charge >= 0.3 is 0 Å². The number of amides is 1. The third-order valence-electron chi connectivity index (χ3n) is 4.09. The lowest BCUT2D eigenvalue weighted by atomic mass is 10.1. The maximum Gasteiger partial charge on any atom is 0.251 e. The Morgan fingerprint density at radius 3 is 2.59 bits per heavy atom. The van der Waals surface area contributed by atoms with E-state index < -0.39 is 0 Å². The van der Waals surface area contributed by atoms with Crippen molar-refractivity contribution in [2.45, 2.75) is 0 Å². The van der Waals surface area contributed by atoms with E-state index in [-0.39, 0.29) is 23.8 Å². The summed E-state index contributed by atoms with van der Waals surface area (Å²) in [5, 5.41) is 24.2. The topological polar surface area (TPSA) is 127 Å². The summed E-state index contributed by atoms with van der Waals surface area (Å²) in [6, 6.07) is 10.0. The molecule has 0 aliphatic carbocycles. The van der Waals surface area contributed by atoms with Gasteiger partial charge in [0, 0.05) is 30.8 Å². The van der Waals surface area contributed by atoms with Gasteiger partial charge in [-0.2, -0.15) is 0 Å². The number of benzene rings is 2. The van der Waals surface area contributed by atoms with Gasteiger partial charge in [-0.05, 0) is 24.3 Å². The fourth-order valence-corrected chi connectivity index (χ4v) is 2.69. The lowest BCUT2D eigenvalue weighted by Gasteiger charge is -2.06. The Bertz CT molecular complexity index is 950. The SMILES string of the molecule is O=Cc1c(O)ccc2[nH]c(-c3ccc(C(=O)NCCNCCO)cc3)nc12. The predicted molar refractivity (Wildman–Crippen MR) is 101 cm³/mol. The number of phenols is 1. The largest absolute Gasteiger partial charge is 0.507 e. The highest BCUT2D eigenvalue weighted by atomic mass is 16.3. The van der Waals surface area contributed by atoms with Crippen LogP contribution in [0, 0.1) is 0 Å². The fraction of sp³-hybridized carbons (Fsp3) is 0.211. The van der Waals surface area contributed by atoms with E-state index in [1.807, 2.05) is 0 Å². The summed E-state index contributed by atoms with van der Waals surface area (Å²) < 4.78 is 0. The van der Waals surface area contributed by atoms with Gasteiger partial charge in [0.2, 0.25) is 0 Å². The minimum atomic E-state index is -0.190. The van der Waals surface area contributed by atoms with E-state index in [0.717, 1.165) is 5.56 Å². The number of carbonyl (C=O) groups is 2. The van der Waals surface area contributed by atoms with Gasteiger partial charge in [-0.3, -0.25) is 9.59 Å². The zero-order valence-electron chi connectivity index (χ0n) is 14.5. The van der Waals surface area contributed by atoms with Gasteiger partial charge in [0.1, 0.15) is 17.1 Å². The Hall–Kier alpha value is -3.23. The zero-order valence-corrected chi connectivity index (χ0v) is 14.5. The van der Waals surface area contributed by atoms with Crippen LogP contribution in [-0.4, -0.2) is 58.6 Å². The molecule has 140 valence electrons. The first kappa shape index (κ1) is 18.6. The van der Waals surface area contributed by atoms with Crippen molar-refractivity contribution >= 4 is 23.2 Å². The summed E-state index contributed by atoms with van der Waals surface area (Å²) in [6.07, 6.45) is 0.575. The third-order valence-corrected chi connectivity index (χ3v) is 4.09. The van der Waals surface area contributed by atoms with Gasteiger partial charge in [-0.25, -0.2) is 4.98 Å². The molecule has 0 saturated carbocycles. The van der Waals surface area contributed by atoms with Crippen molar-refractivity contribution in [2.75, 3.05) is 26.2 Å². The van der Waals surface area contributed by atoms with Gasteiger partial charge in [-0.15, -0.1) is 0 Å². The molecule has 5 N–H and O–H groups in total. The van der Waals surface area contributed by atoms with E-state index in [0.29, 0.717) is 48.3 Å². The fourth-order valence-electron chi connectivity index (χ4n) is 2.69. The minimum absolute atomic E-state index is 0.0607. The third kappa shape index (κ3) is 4.13. The molecule has 3 aromatic rings. The van der Waals surface area contributed by atoms with Crippen LogP contribution in [0.3, 0.4) is 0 Å². The number of aromatic nitrogens is 2. The molecule has 0 bridgehead atoms. The molecule has 1 aromatic heterocycles. The number of aldehydes is 1. The number of imidazole rings is 1. The van der Waals surface area contributed by atoms with Crippen LogP contribution in [0.5, 0.6) is 5.75 Å². The number of carbonyl (C=O) groups excluding carboxylic acids is 2. The van der Waals surface area contributed by atoms with Crippen LogP contribution < -0.4 is 10.6 Å². The van der Waals surface area contributed by atoms with Crippen LogP contribution in [0.25, 0.3) is 22.4 Å². The molecule has 0 fully saturated rings. The molecule has 0 radical (unpaired) electrons. The molecule has 0 aliphatic heterocycles. The summed E-state index contributed by atoms with van der Waals surface area (Å²) >= 11 is 0. The monoisotopic (exact) mass is 368 g/mol. The number of aromatic hydroxyl groups is 1. The molecule has 8 heteroatoms. The molecule has 2 aromatic carbocycles. The first-order chi connectivity index (χ1) is 13.1. The standard InChI is InChI=1S/C19H20N4O4/c24-10-9-20-7-8-21-19(27)13-3-1-12(2-4-13)18-22-15-5-6-16(26)14(11-25)17(15)23-18/h1-6,11,20,24,26H,7-10H2,(H,21,27)(H,22,23). The zero-order chi connectivity index (χ0) is 19.2. The van der Waals surface area contributed by atoms with Gasteiger partial charge < -0.3 is 25.8 Å². The number of rotatable bonds is 8. The molecule has 0 atom stereocenters. The quantitative estimate of drug-likeness (QED) is 0.299.